The highest BCUT2D eigenvalue weighted by Crippen LogP contribution is 2.02. The van der Waals surface area contributed by atoms with Crippen molar-refractivity contribution in [2.75, 3.05) is 20.7 Å². The molecular formula is C10H20N2O3. The number of amides is 1. The van der Waals surface area contributed by atoms with E-state index in [0.29, 0.717) is 6.42 Å². The molecule has 0 aromatic rings. The topological polar surface area (TPSA) is 67.4 Å². The van der Waals surface area contributed by atoms with Crippen LogP contribution < -0.4 is 10.6 Å². The van der Waals surface area contributed by atoms with E-state index in [2.05, 4.69) is 15.4 Å². The number of nitrogens with one attached hydrogen (secondary N) is 2. The number of esters is 1. The smallest absolute Gasteiger partial charge is 0.328 e. The fourth-order valence-corrected chi connectivity index (χ4v) is 1.29. The first-order chi connectivity index (χ1) is 7.11. The van der Waals surface area contributed by atoms with Gasteiger partial charge in [0.05, 0.1) is 7.11 Å². The molecule has 1 unspecified atom stereocenters. The lowest BCUT2D eigenvalue weighted by Gasteiger charge is -2.14. The van der Waals surface area contributed by atoms with Crippen molar-refractivity contribution in [1.82, 2.24) is 10.6 Å². The second-order valence-electron chi connectivity index (χ2n) is 3.38. The molecule has 0 aliphatic heterocycles. The number of carbonyl (C=O) groups is 2. The molecule has 88 valence electrons. The number of ether oxygens (including phenoxy) is 1. The molecular weight excluding hydrogens is 196 g/mol. The summed E-state index contributed by atoms with van der Waals surface area (Å²) in [5, 5.41) is 5.60. The van der Waals surface area contributed by atoms with E-state index in [1.807, 2.05) is 7.05 Å². The van der Waals surface area contributed by atoms with Gasteiger partial charge in [-0.25, -0.2) is 4.79 Å². The molecule has 0 aromatic carbocycles. The number of rotatable bonds is 7. The third-order valence-corrected chi connectivity index (χ3v) is 2.03. The average Bonchev–Trinajstić information content (AvgIpc) is 2.21. The van der Waals surface area contributed by atoms with E-state index in [1.165, 1.54) is 14.0 Å². The number of unbranched alkanes of at least 4 members (excludes halogenated alkanes) is 1. The van der Waals surface area contributed by atoms with Crippen LogP contribution in [0.2, 0.25) is 0 Å². The summed E-state index contributed by atoms with van der Waals surface area (Å²) in [6, 6.07) is -0.510. The molecule has 0 aliphatic carbocycles. The Labute approximate surface area is 90.6 Å². The molecule has 0 radical (unpaired) electrons. The third kappa shape index (κ3) is 6.90. The minimum absolute atomic E-state index is 0.209. The van der Waals surface area contributed by atoms with Crippen LogP contribution in [-0.4, -0.2) is 38.6 Å². The molecule has 0 saturated carbocycles. The second kappa shape index (κ2) is 8.23. The van der Waals surface area contributed by atoms with E-state index in [1.54, 1.807) is 0 Å². The van der Waals surface area contributed by atoms with Crippen molar-refractivity contribution in [2.24, 2.45) is 0 Å². The van der Waals surface area contributed by atoms with Crippen LogP contribution in [0.3, 0.4) is 0 Å². The lowest BCUT2D eigenvalue weighted by molar-refractivity contribution is -0.145. The zero-order valence-electron chi connectivity index (χ0n) is 9.63. The molecule has 0 spiro atoms. The van der Waals surface area contributed by atoms with Gasteiger partial charge in [-0.2, -0.15) is 0 Å². The highest BCUT2D eigenvalue weighted by Gasteiger charge is 2.18. The van der Waals surface area contributed by atoms with Crippen molar-refractivity contribution in [1.29, 1.82) is 0 Å². The van der Waals surface area contributed by atoms with E-state index in [9.17, 15) is 9.59 Å². The molecule has 0 aliphatic rings. The van der Waals surface area contributed by atoms with Gasteiger partial charge in [-0.15, -0.1) is 0 Å². The largest absolute Gasteiger partial charge is 0.467 e. The van der Waals surface area contributed by atoms with Crippen molar-refractivity contribution in [2.45, 2.75) is 32.2 Å². The summed E-state index contributed by atoms with van der Waals surface area (Å²) in [6.07, 6.45) is 2.47. The molecule has 0 heterocycles. The van der Waals surface area contributed by atoms with Crippen molar-refractivity contribution >= 4 is 11.9 Å². The molecule has 0 fully saturated rings. The molecule has 5 nitrogen and oxygen atoms in total. The predicted octanol–water partition coefficient (Wildman–Crippen LogP) is 0.0538. The number of hydrogen-bond donors (Lipinski definition) is 2. The van der Waals surface area contributed by atoms with E-state index in [4.69, 9.17) is 0 Å². The predicted molar refractivity (Wildman–Crippen MR) is 57.4 cm³/mol. The molecule has 0 aromatic heterocycles. The molecule has 2 N–H and O–H groups in total. The minimum Gasteiger partial charge on any atom is -0.467 e. The van der Waals surface area contributed by atoms with Gasteiger partial charge in [-0.05, 0) is 32.9 Å². The average molecular weight is 216 g/mol. The van der Waals surface area contributed by atoms with E-state index >= 15 is 0 Å². The highest BCUT2D eigenvalue weighted by molar-refractivity contribution is 5.83. The number of methoxy groups -OCH3 is 1. The normalized spacial score (nSPS) is 11.9. The lowest BCUT2D eigenvalue weighted by Crippen LogP contribution is -2.40. The summed E-state index contributed by atoms with van der Waals surface area (Å²) in [4.78, 5) is 22.1. The zero-order chi connectivity index (χ0) is 11.7. The monoisotopic (exact) mass is 216 g/mol. The first kappa shape index (κ1) is 13.9. The van der Waals surface area contributed by atoms with Gasteiger partial charge in [0, 0.05) is 6.92 Å². The number of carbonyl (C=O) groups excluding carboxylic acids is 2. The first-order valence-corrected chi connectivity index (χ1v) is 5.11. The van der Waals surface area contributed by atoms with Crippen LogP contribution in [-0.2, 0) is 14.3 Å². The van der Waals surface area contributed by atoms with Crippen LogP contribution in [0.4, 0.5) is 0 Å². The van der Waals surface area contributed by atoms with E-state index in [-0.39, 0.29) is 11.9 Å². The van der Waals surface area contributed by atoms with E-state index < -0.39 is 6.04 Å². The maximum absolute atomic E-state index is 11.3. The Kier molecular flexibility index (Phi) is 7.62. The van der Waals surface area contributed by atoms with Crippen molar-refractivity contribution in [3.63, 3.8) is 0 Å². The Bertz CT molecular complexity index is 207. The van der Waals surface area contributed by atoms with Gasteiger partial charge in [-0.3, -0.25) is 4.79 Å². The summed E-state index contributed by atoms with van der Waals surface area (Å²) in [5.74, 6) is -0.589. The summed E-state index contributed by atoms with van der Waals surface area (Å²) in [5.41, 5.74) is 0. The maximum Gasteiger partial charge on any atom is 0.328 e. The molecule has 1 amide bonds. The summed E-state index contributed by atoms with van der Waals surface area (Å²) < 4.78 is 4.60. The molecule has 0 bridgehead atoms. The van der Waals surface area contributed by atoms with Gasteiger partial charge >= 0.3 is 5.97 Å². The SMILES string of the molecule is CNCCCCC(NC(C)=O)C(=O)OC. The Balaban J connectivity index is 3.90. The molecule has 5 heteroatoms. The van der Waals surface area contributed by atoms with Crippen molar-refractivity contribution < 1.29 is 14.3 Å². The van der Waals surface area contributed by atoms with Gasteiger partial charge in [0.25, 0.3) is 0 Å². The lowest BCUT2D eigenvalue weighted by atomic mass is 10.1. The Morgan fingerprint density at radius 1 is 1.33 bits per heavy atom. The van der Waals surface area contributed by atoms with Crippen molar-refractivity contribution in [3.05, 3.63) is 0 Å². The van der Waals surface area contributed by atoms with Crippen LogP contribution in [0.25, 0.3) is 0 Å². The van der Waals surface area contributed by atoms with Gasteiger partial charge in [-0.1, -0.05) is 0 Å². The van der Waals surface area contributed by atoms with Gasteiger partial charge in [0.1, 0.15) is 6.04 Å². The highest BCUT2D eigenvalue weighted by atomic mass is 16.5. The standard InChI is InChI=1S/C10H20N2O3/c1-8(13)12-9(10(14)15-3)6-4-5-7-11-2/h9,11H,4-7H2,1-3H3,(H,12,13). The molecule has 1 atom stereocenters. The molecule has 0 saturated heterocycles. The van der Waals surface area contributed by atoms with Crippen LogP contribution >= 0.6 is 0 Å². The fraction of sp³-hybridized carbons (Fsp3) is 0.800. The minimum atomic E-state index is -0.510. The van der Waals surface area contributed by atoms with Crippen LogP contribution in [0.1, 0.15) is 26.2 Å². The van der Waals surface area contributed by atoms with Crippen LogP contribution in [0.15, 0.2) is 0 Å². The quantitative estimate of drug-likeness (QED) is 0.466. The summed E-state index contributed by atoms with van der Waals surface area (Å²) in [7, 11) is 3.20. The molecule has 0 rings (SSSR count). The third-order valence-electron chi connectivity index (χ3n) is 2.03. The Morgan fingerprint density at radius 3 is 2.47 bits per heavy atom. The first-order valence-electron chi connectivity index (χ1n) is 5.11. The summed E-state index contributed by atoms with van der Waals surface area (Å²) >= 11 is 0. The van der Waals surface area contributed by atoms with Crippen LogP contribution in [0, 0.1) is 0 Å². The van der Waals surface area contributed by atoms with Gasteiger partial charge in [0.15, 0.2) is 0 Å². The van der Waals surface area contributed by atoms with E-state index in [0.717, 1.165) is 19.4 Å². The fourth-order valence-electron chi connectivity index (χ4n) is 1.29. The second-order valence-corrected chi connectivity index (χ2v) is 3.38. The van der Waals surface area contributed by atoms with Gasteiger partial charge in [0.2, 0.25) is 5.91 Å². The van der Waals surface area contributed by atoms with Crippen LogP contribution in [0.5, 0.6) is 0 Å². The molecule has 15 heavy (non-hydrogen) atoms. The Morgan fingerprint density at radius 2 is 2.00 bits per heavy atom. The maximum atomic E-state index is 11.3. The van der Waals surface area contributed by atoms with Gasteiger partial charge < -0.3 is 15.4 Å². The zero-order valence-corrected chi connectivity index (χ0v) is 9.63. The Hall–Kier alpha value is -1.10. The summed E-state index contributed by atoms with van der Waals surface area (Å²) in [6.45, 7) is 2.30. The van der Waals surface area contributed by atoms with Crippen molar-refractivity contribution in [3.8, 4) is 0 Å². The number of hydrogen-bond acceptors (Lipinski definition) is 4.